The molecule has 162 valence electrons. The number of hydrogen-bond acceptors (Lipinski definition) is 3. The molecule has 1 fully saturated rings. The summed E-state index contributed by atoms with van der Waals surface area (Å²) >= 11 is 0. The first-order valence-corrected chi connectivity index (χ1v) is 11.3. The lowest BCUT2D eigenvalue weighted by atomic mass is 9.68. The van der Waals surface area contributed by atoms with E-state index in [0.29, 0.717) is 6.61 Å². The maximum absolute atomic E-state index is 13.8. The summed E-state index contributed by atoms with van der Waals surface area (Å²) in [6, 6.07) is 20.0. The van der Waals surface area contributed by atoms with Crippen LogP contribution in [-0.2, 0) is 10.2 Å². The van der Waals surface area contributed by atoms with Crippen LogP contribution in [0, 0.1) is 0 Å². The first-order chi connectivity index (χ1) is 15.2. The molecule has 4 rings (SSSR count). The highest BCUT2D eigenvalue weighted by Crippen LogP contribution is 2.42. The van der Waals surface area contributed by atoms with E-state index in [1.165, 1.54) is 6.42 Å². The van der Waals surface area contributed by atoms with Crippen LogP contribution in [0.4, 0.5) is 5.69 Å². The molecule has 0 heterocycles. The van der Waals surface area contributed by atoms with Crippen molar-refractivity contribution in [3.05, 3.63) is 66.2 Å². The van der Waals surface area contributed by atoms with Crippen LogP contribution in [0.1, 0.15) is 51.0 Å². The number of rotatable bonds is 7. The Morgan fingerprint density at radius 1 is 0.935 bits per heavy atom. The van der Waals surface area contributed by atoms with Gasteiger partial charge in [-0.25, -0.2) is 0 Å². The molecule has 0 spiro atoms. The highest BCUT2D eigenvalue weighted by molar-refractivity contribution is 6.07. The van der Waals surface area contributed by atoms with E-state index in [4.69, 9.17) is 9.47 Å². The van der Waals surface area contributed by atoms with E-state index >= 15 is 0 Å². The van der Waals surface area contributed by atoms with Crippen molar-refractivity contribution in [1.82, 2.24) is 0 Å². The van der Waals surface area contributed by atoms with Gasteiger partial charge in [-0.15, -0.1) is 0 Å². The van der Waals surface area contributed by atoms with E-state index in [1.54, 1.807) is 7.11 Å². The molecule has 0 radical (unpaired) electrons. The van der Waals surface area contributed by atoms with E-state index in [9.17, 15) is 4.79 Å². The van der Waals surface area contributed by atoms with Gasteiger partial charge in [0.25, 0.3) is 0 Å². The Kier molecular flexibility index (Phi) is 6.45. The molecule has 0 bridgehead atoms. The maximum Gasteiger partial charge on any atom is 0.235 e. The maximum atomic E-state index is 13.8. The number of fused-ring (bicyclic) bond motifs is 1. The van der Waals surface area contributed by atoms with Crippen molar-refractivity contribution in [2.24, 2.45) is 0 Å². The summed E-state index contributed by atoms with van der Waals surface area (Å²) in [5.74, 6) is 1.74. The molecule has 1 saturated carbocycles. The third-order valence-corrected chi connectivity index (χ3v) is 6.38. The van der Waals surface area contributed by atoms with Crippen molar-refractivity contribution in [2.75, 3.05) is 19.0 Å². The predicted molar refractivity (Wildman–Crippen MR) is 126 cm³/mol. The molecule has 4 heteroatoms. The zero-order valence-electron chi connectivity index (χ0n) is 18.4. The van der Waals surface area contributed by atoms with Gasteiger partial charge < -0.3 is 14.8 Å². The van der Waals surface area contributed by atoms with Gasteiger partial charge in [0.05, 0.1) is 19.1 Å². The van der Waals surface area contributed by atoms with E-state index in [2.05, 4.69) is 18.3 Å². The Bertz CT molecular complexity index is 1040. The summed E-state index contributed by atoms with van der Waals surface area (Å²) in [6.07, 6.45) is 5.98. The number of carbonyl (C=O) groups is 1. The molecule has 4 nitrogen and oxygen atoms in total. The van der Waals surface area contributed by atoms with Crippen LogP contribution < -0.4 is 14.8 Å². The lowest BCUT2D eigenvalue weighted by Gasteiger charge is -2.36. The minimum atomic E-state index is -0.511. The van der Waals surface area contributed by atoms with Crippen molar-refractivity contribution in [3.8, 4) is 11.5 Å². The highest BCUT2D eigenvalue weighted by Gasteiger charge is 2.41. The Labute approximate surface area is 184 Å². The summed E-state index contributed by atoms with van der Waals surface area (Å²) in [7, 11) is 1.66. The van der Waals surface area contributed by atoms with Gasteiger partial charge in [-0.1, -0.05) is 62.6 Å². The zero-order chi connectivity index (χ0) is 21.7. The molecule has 1 amide bonds. The van der Waals surface area contributed by atoms with Crippen LogP contribution in [0.25, 0.3) is 10.8 Å². The molecule has 1 N–H and O–H groups in total. The molecule has 0 unspecified atom stereocenters. The van der Waals surface area contributed by atoms with Crippen molar-refractivity contribution in [2.45, 2.75) is 50.9 Å². The third-order valence-electron chi connectivity index (χ3n) is 6.38. The van der Waals surface area contributed by atoms with Gasteiger partial charge in [0, 0.05) is 16.5 Å². The first kappa shape index (κ1) is 21.2. The van der Waals surface area contributed by atoms with Crippen LogP contribution in [0.2, 0.25) is 0 Å². The second-order valence-corrected chi connectivity index (χ2v) is 8.33. The van der Waals surface area contributed by atoms with E-state index in [1.807, 2.05) is 54.6 Å². The number of anilines is 1. The number of ether oxygens (including phenoxy) is 2. The fraction of sp³-hybridized carbons (Fsp3) is 0.370. The number of carbonyl (C=O) groups excluding carboxylic acids is 1. The summed E-state index contributed by atoms with van der Waals surface area (Å²) in [5.41, 5.74) is 1.39. The standard InChI is InChI=1S/C27H31NO3/c1-3-19-31-25-16-15-24(22-9-5-6-10-23(22)25)28-26(29)27(17-7-4-8-18-27)20-11-13-21(30-2)14-12-20/h5-6,9-16H,3-4,7-8,17-19H2,1-2H3,(H,28,29). The normalized spacial score (nSPS) is 15.4. The van der Waals surface area contributed by atoms with Gasteiger partial charge in [0.1, 0.15) is 11.5 Å². The van der Waals surface area contributed by atoms with Crippen LogP contribution in [0.15, 0.2) is 60.7 Å². The van der Waals surface area contributed by atoms with Gasteiger partial charge in [-0.2, -0.15) is 0 Å². The van der Waals surface area contributed by atoms with Crippen molar-refractivity contribution in [3.63, 3.8) is 0 Å². The molecule has 0 aromatic heterocycles. The Morgan fingerprint density at radius 3 is 2.32 bits per heavy atom. The van der Waals surface area contributed by atoms with Crippen LogP contribution in [-0.4, -0.2) is 19.6 Å². The number of nitrogens with one attached hydrogen (secondary N) is 1. The first-order valence-electron chi connectivity index (χ1n) is 11.3. The van der Waals surface area contributed by atoms with Crippen molar-refractivity contribution in [1.29, 1.82) is 0 Å². The average molecular weight is 418 g/mol. The monoisotopic (exact) mass is 417 g/mol. The molecule has 0 atom stereocenters. The Hall–Kier alpha value is -3.01. The van der Waals surface area contributed by atoms with Gasteiger partial charge in [0.15, 0.2) is 0 Å². The predicted octanol–water partition coefficient (Wildman–Crippen LogP) is 6.48. The van der Waals surface area contributed by atoms with E-state index in [0.717, 1.165) is 65.6 Å². The van der Waals surface area contributed by atoms with Gasteiger partial charge in [-0.3, -0.25) is 4.79 Å². The summed E-state index contributed by atoms with van der Waals surface area (Å²) in [4.78, 5) is 13.8. The number of methoxy groups -OCH3 is 1. The summed E-state index contributed by atoms with van der Waals surface area (Å²) in [5, 5.41) is 5.31. The minimum absolute atomic E-state index is 0.0738. The molecule has 1 aliphatic rings. The van der Waals surface area contributed by atoms with Crippen LogP contribution in [0.3, 0.4) is 0 Å². The number of benzene rings is 3. The van der Waals surface area contributed by atoms with Gasteiger partial charge >= 0.3 is 0 Å². The Balaban J connectivity index is 1.68. The largest absolute Gasteiger partial charge is 0.497 e. The molecular weight excluding hydrogens is 386 g/mol. The highest BCUT2D eigenvalue weighted by atomic mass is 16.5. The van der Waals surface area contributed by atoms with E-state index in [-0.39, 0.29) is 5.91 Å². The SMILES string of the molecule is CCCOc1ccc(NC(=O)C2(c3ccc(OC)cc3)CCCCC2)c2ccccc12. The smallest absolute Gasteiger partial charge is 0.235 e. The Morgan fingerprint density at radius 2 is 1.65 bits per heavy atom. The molecule has 3 aromatic carbocycles. The third kappa shape index (κ3) is 4.25. The van der Waals surface area contributed by atoms with Crippen LogP contribution >= 0.6 is 0 Å². The van der Waals surface area contributed by atoms with Gasteiger partial charge in [0.2, 0.25) is 5.91 Å². The number of amides is 1. The topological polar surface area (TPSA) is 47.6 Å². The summed E-state index contributed by atoms with van der Waals surface area (Å²) < 4.78 is 11.3. The molecule has 1 aliphatic carbocycles. The number of hydrogen-bond donors (Lipinski definition) is 1. The molecule has 0 aliphatic heterocycles. The fourth-order valence-corrected chi connectivity index (χ4v) is 4.67. The molecular formula is C27H31NO3. The minimum Gasteiger partial charge on any atom is -0.497 e. The zero-order valence-corrected chi connectivity index (χ0v) is 18.4. The lowest BCUT2D eigenvalue weighted by molar-refractivity contribution is -0.122. The summed E-state index contributed by atoms with van der Waals surface area (Å²) in [6.45, 7) is 2.77. The fourth-order valence-electron chi connectivity index (χ4n) is 4.67. The van der Waals surface area contributed by atoms with Crippen molar-refractivity contribution < 1.29 is 14.3 Å². The molecule has 31 heavy (non-hydrogen) atoms. The van der Waals surface area contributed by atoms with Gasteiger partial charge in [-0.05, 0) is 49.1 Å². The van der Waals surface area contributed by atoms with E-state index < -0.39 is 5.41 Å². The molecule has 0 saturated heterocycles. The van der Waals surface area contributed by atoms with Crippen LogP contribution in [0.5, 0.6) is 11.5 Å². The average Bonchev–Trinajstić information content (AvgIpc) is 2.84. The second kappa shape index (κ2) is 9.42. The van der Waals surface area contributed by atoms with Crippen molar-refractivity contribution >= 4 is 22.4 Å². The molecule has 3 aromatic rings. The quantitative estimate of drug-likeness (QED) is 0.479. The lowest BCUT2D eigenvalue weighted by Crippen LogP contribution is -2.42. The second-order valence-electron chi connectivity index (χ2n) is 8.33.